The average molecular weight is 522 g/mol. The number of rotatable bonds is 7. The molecular weight excluding hydrogens is 492 g/mol. The van der Waals surface area contributed by atoms with Crippen molar-refractivity contribution in [3.8, 4) is 6.07 Å². The van der Waals surface area contributed by atoms with Crippen LogP contribution in [0, 0.1) is 23.2 Å². The van der Waals surface area contributed by atoms with E-state index in [1.54, 1.807) is 31.2 Å². The van der Waals surface area contributed by atoms with Crippen LogP contribution in [0.5, 0.6) is 0 Å². The number of benzene rings is 1. The Kier molecular flexibility index (Phi) is 7.69. The number of nitrogens with one attached hydrogen (secondary N) is 3. The van der Waals surface area contributed by atoms with Crippen molar-refractivity contribution in [1.82, 2.24) is 15.5 Å². The molecule has 1 saturated carbocycles. The lowest BCUT2D eigenvalue weighted by Gasteiger charge is -2.54. The van der Waals surface area contributed by atoms with Crippen LogP contribution in [0.2, 0.25) is 5.02 Å². The summed E-state index contributed by atoms with van der Waals surface area (Å²) in [5, 5.41) is 18.4. The van der Waals surface area contributed by atoms with E-state index in [4.69, 9.17) is 11.6 Å². The van der Waals surface area contributed by atoms with Crippen molar-refractivity contribution in [1.29, 1.82) is 5.26 Å². The highest BCUT2D eigenvalue weighted by atomic mass is 35.5. The zero-order valence-electron chi connectivity index (χ0n) is 20.0. The molecule has 3 saturated heterocycles. The second-order valence-corrected chi connectivity index (χ2v) is 10.4. The Morgan fingerprint density at radius 3 is 2.78 bits per heavy atom. The third-order valence-electron chi connectivity index (χ3n) is 7.43. The highest BCUT2D eigenvalue weighted by molar-refractivity contribution is 6.30. The van der Waals surface area contributed by atoms with Gasteiger partial charge in [0.25, 0.3) is 5.92 Å². The summed E-state index contributed by atoms with van der Waals surface area (Å²) in [4.78, 5) is 40.3. The number of carbonyl (C=O) groups is 3. The summed E-state index contributed by atoms with van der Waals surface area (Å²) in [5.41, 5.74) is 0.590. The first-order valence-corrected chi connectivity index (χ1v) is 12.7. The van der Waals surface area contributed by atoms with Gasteiger partial charge < -0.3 is 20.9 Å². The van der Waals surface area contributed by atoms with Crippen LogP contribution in [0.25, 0.3) is 0 Å². The summed E-state index contributed by atoms with van der Waals surface area (Å²) < 4.78 is 29.8. The van der Waals surface area contributed by atoms with Crippen molar-refractivity contribution in [2.75, 3.05) is 11.9 Å². The molecule has 1 aromatic carbocycles. The third-order valence-corrected chi connectivity index (χ3v) is 7.66. The topological polar surface area (TPSA) is 114 Å². The van der Waals surface area contributed by atoms with Crippen molar-refractivity contribution < 1.29 is 23.2 Å². The number of nitrogens with zero attached hydrogens (tertiary/aromatic N) is 2. The molecule has 6 atom stereocenters. The van der Waals surface area contributed by atoms with Crippen LogP contribution in [0.4, 0.5) is 14.5 Å². The lowest BCUT2D eigenvalue weighted by atomic mass is 9.71. The van der Waals surface area contributed by atoms with Gasteiger partial charge in [0, 0.05) is 35.6 Å². The van der Waals surface area contributed by atoms with E-state index in [0.717, 1.165) is 6.42 Å². The fourth-order valence-electron chi connectivity index (χ4n) is 5.68. The zero-order chi connectivity index (χ0) is 26.0. The molecule has 0 radical (unpaired) electrons. The molecule has 11 heteroatoms. The van der Waals surface area contributed by atoms with Crippen LogP contribution < -0.4 is 16.0 Å². The van der Waals surface area contributed by atoms with Gasteiger partial charge in [-0.05, 0) is 57.2 Å². The van der Waals surface area contributed by atoms with E-state index >= 15 is 0 Å². The number of alkyl halides is 2. The predicted molar refractivity (Wildman–Crippen MR) is 129 cm³/mol. The SMILES string of the molecule is C[C@H](Nc1cccc(Cl)c1)C(=O)N1[C@H]2CC[C@@H]([C@@H]1C(=O)N[C@H](C#N)C[C@@H]1CCCNC1=O)C(F)(F)C2. The maximum atomic E-state index is 14.9. The summed E-state index contributed by atoms with van der Waals surface area (Å²) >= 11 is 6.02. The van der Waals surface area contributed by atoms with E-state index in [1.807, 2.05) is 6.07 Å². The van der Waals surface area contributed by atoms with E-state index < -0.39 is 60.2 Å². The molecule has 1 aromatic rings. The number of amides is 3. The Bertz CT molecular complexity index is 1060. The summed E-state index contributed by atoms with van der Waals surface area (Å²) in [6.07, 6.45) is 1.43. The number of anilines is 1. The molecule has 4 fully saturated rings. The lowest BCUT2D eigenvalue weighted by Crippen LogP contribution is -2.70. The molecule has 3 N–H and O–H groups in total. The lowest BCUT2D eigenvalue weighted by molar-refractivity contribution is -0.194. The normalized spacial score (nSPS) is 28.4. The molecule has 4 aliphatic rings. The molecule has 3 heterocycles. The summed E-state index contributed by atoms with van der Waals surface area (Å²) in [5.74, 6) is -6.32. The smallest absolute Gasteiger partial charge is 0.255 e. The van der Waals surface area contributed by atoms with E-state index in [2.05, 4.69) is 16.0 Å². The van der Waals surface area contributed by atoms with Crippen LogP contribution in [0.15, 0.2) is 24.3 Å². The van der Waals surface area contributed by atoms with Gasteiger partial charge in [0.15, 0.2) is 0 Å². The van der Waals surface area contributed by atoms with Crippen LogP contribution in [-0.2, 0) is 14.4 Å². The first kappa shape index (κ1) is 26.1. The number of piperidine rings is 3. The molecule has 0 spiro atoms. The summed E-state index contributed by atoms with van der Waals surface area (Å²) in [6.45, 7) is 2.18. The number of fused-ring (bicyclic) bond motifs is 3. The molecule has 36 heavy (non-hydrogen) atoms. The fourth-order valence-corrected chi connectivity index (χ4v) is 5.87. The molecule has 1 aliphatic carbocycles. The molecule has 194 valence electrons. The van der Waals surface area contributed by atoms with Gasteiger partial charge in [-0.1, -0.05) is 17.7 Å². The molecule has 5 rings (SSSR count). The van der Waals surface area contributed by atoms with Crippen LogP contribution in [0.1, 0.15) is 45.4 Å². The maximum absolute atomic E-state index is 14.9. The van der Waals surface area contributed by atoms with E-state index in [1.165, 1.54) is 4.90 Å². The number of halogens is 3. The number of carbonyl (C=O) groups excluding carboxylic acids is 3. The van der Waals surface area contributed by atoms with Crippen molar-refractivity contribution in [2.24, 2.45) is 11.8 Å². The second kappa shape index (κ2) is 10.6. The van der Waals surface area contributed by atoms with Gasteiger partial charge in [-0.25, -0.2) is 8.78 Å². The van der Waals surface area contributed by atoms with Crippen LogP contribution in [-0.4, -0.2) is 59.3 Å². The summed E-state index contributed by atoms with van der Waals surface area (Å²) in [7, 11) is 0. The summed E-state index contributed by atoms with van der Waals surface area (Å²) in [6, 6.07) is 4.74. The highest BCUT2D eigenvalue weighted by Crippen LogP contribution is 2.49. The van der Waals surface area contributed by atoms with Gasteiger partial charge in [0.05, 0.1) is 12.0 Å². The Hall–Kier alpha value is -2.93. The Labute approximate surface area is 213 Å². The quantitative estimate of drug-likeness (QED) is 0.510. The zero-order valence-corrected chi connectivity index (χ0v) is 20.7. The van der Waals surface area contributed by atoms with Gasteiger partial charge in [-0.15, -0.1) is 0 Å². The molecular formula is C25H30ClF2N5O3. The number of nitriles is 1. The molecule has 3 amide bonds. The van der Waals surface area contributed by atoms with Gasteiger partial charge in [-0.2, -0.15) is 5.26 Å². The second-order valence-electron chi connectivity index (χ2n) is 9.93. The standard InChI is InChI=1S/C25H30ClF2N5O3/c1-14(31-17-6-2-5-16(26)11-17)24(36)33-19-7-8-20(25(27,28)12-19)21(33)23(35)32-18(13-29)10-15-4-3-9-30-22(15)34/h2,5-6,11,14-15,18-21,31H,3-4,7-10,12H2,1H3,(H,30,34)(H,32,35)/t14-,15-,18-,19-,20-,21+/m0/s1. The fraction of sp³-hybridized carbons (Fsp3) is 0.600. The number of hydrogen-bond donors (Lipinski definition) is 3. The van der Waals surface area contributed by atoms with Crippen molar-refractivity contribution >= 4 is 35.0 Å². The largest absolute Gasteiger partial charge is 0.374 e. The average Bonchev–Trinajstić information content (AvgIpc) is 2.83. The van der Waals surface area contributed by atoms with Gasteiger partial charge in [0.1, 0.15) is 18.1 Å². The molecule has 2 bridgehead atoms. The predicted octanol–water partition coefficient (Wildman–Crippen LogP) is 3.08. The van der Waals surface area contributed by atoms with Gasteiger partial charge >= 0.3 is 0 Å². The minimum Gasteiger partial charge on any atom is -0.374 e. The Morgan fingerprint density at radius 2 is 2.11 bits per heavy atom. The van der Waals surface area contributed by atoms with Crippen molar-refractivity contribution in [2.45, 2.75) is 75.5 Å². The molecule has 0 unspecified atom stereocenters. The molecule has 3 aliphatic heterocycles. The maximum Gasteiger partial charge on any atom is 0.255 e. The first-order chi connectivity index (χ1) is 17.1. The number of hydrogen-bond acceptors (Lipinski definition) is 5. The minimum absolute atomic E-state index is 0.0892. The molecule has 0 aromatic heterocycles. The van der Waals surface area contributed by atoms with Gasteiger partial charge in [0.2, 0.25) is 17.7 Å². The Morgan fingerprint density at radius 1 is 1.33 bits per heavy atom. The monoisotopic (exact) mass is 521 g/mol. The van der Waals surface area contributed by atoms with Crippen molar-refractivity contribution in [3.05, 3.63) is 29.3 Å². The van der Waals surface area contributed by atoms with Gasteiger partial charge in [-0.3, -0.25) is 14.4 Å². The minimum atomic E-state index is -3.10. The van der Waals surface area contributed by atoms with Crippen LogP contribution in [0.3, 0.4) is 0 Å². The molecule has 8 nitrogen and oxygen atoms in total. The highest BCUT2D eigenvalue weighted by Gasteiger charge is 2.60. The van der Waals surface area contributed by atoms with E-state index in [-0.39, 0.29) is 18.7 Å². The third kappa shape index (κ3) is 5.41. The van der Waals surface area contributed by atoms with E-state index in [9.17, 15) is 28.4 Å². The van der Waals surface area contributed by atoms with Crippen molar-refractivity contribution in [3.63, 3.8) is 0 Å². The van der Waals surface area contributed by atoms with E-state index in [0.29, 0.717) is 30.1 Å². The first-order valence-electron chi connectivity index (χ1n) is 12.3. The Balaban J connectivity index is 1.52. The van der Waals surface area contributed by atoms with Crippen LogP contribution >= 0.6 is 11.6 Å².